The predicted octanol–water partition coefficient (Wildman–Crippen LogP) is 5.34. The monoisotopic (exact) mass is 302 g/mol. The van der Waals surface area contributed by atoms with E-state index in [0.29, 0.717) is 16.7 Å². The average molecular weight is 303 g/mol. The van der Waals surface area contributed by atoms with Crippen LogP contribution in [0.1, 0.15) is 78.6 Å². The Morgan fingerprint density at radius 2 is 1.91 bits per heavy atom. The van der Waals surface area contributed by atoms with Gasteiger partial charge in [-0.25, -0.2) is 0 Å². The molecule has 0 aromatic rings. The number of aliphatic hydroxyl groups excluding tert-OH is 1. The fraction of sp³-hybridized carbons (Fsp3) is 0.905. The molecule has 4 aliphatic carbocycles. The number of fused-ring (bicyclic) bond motifs is 5. The van der Waals surface area contributed by atoms with E-state index in [0.717, 1.165) is 17.8 Å². The highest BCUT2D eigenvalue weighted by atomic mass is 16.3. The van der Waals surface area contributed by atoms with E-state index in [4.69, 9.17) is 0 Å². The molecule has 0 amide bonds. The summed E-state index contributed by atoms with van der Waals surface area (Å²) in [6.07, 6.45) is 14.9. The number of hydrogen-bond acceptors (Lipinski definition) is 1. The Kier molecular flexibility index (Phi) is 3.53. The predicted molar refractivity (Wildman–Crippen MR) is 91.5 cm³/mol. The summed E-state index contributed by atoms with van der Waals surface area (Å²) in [5.74, 6) is 3.23. The highest BCUT2D eigenvalue weighted by molar-refractivity contribution is 5.24. The van der Waals surface area contributed by atoms with E-state index >= 15 is 0 Å². The first-order valence-electron chi connectivity index (χ1n) is 9.84. The molecule has 0 spiro atoms. The van der Waals surface area contributed by atoms with Crippen LogP contribution in [0.5, 0.6) is 0 Å². The van der Waals surface area contributed by atoms with Crippen molar-refractivity contribution in [3.8, 4) is 0 Å². The van der Waals surface area contributed by atoms with Gasteiger partial charge in [-0.3, -0.25) is 0 Å². The molecule has 1 heteroatoms. The summed E-state index contributed by atoms with van der Waals surface area (Å²) in [7, 11) is 0. The van der Waals surface area contributed by atoms with E-state index in [9.17, 15) is 5.11 Å². The molecule has 3 saturated carbocycles. The molecule has 4 rings (SSSR count). The molecule has 0 saturated heterocycles. The van der Waals surface area contributed by atoms with Gasteiger partial charge in [0.15, 0.2) is 0 Å². The summed E-state index contributed by atoms with van der Waals surface area (Å²) in [6.45, 7) is 7.14. The van der Waals surface area contributed by atoms with E-state index in [-0.39, 0.29) is 6.10 Å². The molecule has 3 fully saturated rings. The van der Waals surface area contributed by atoms with E-state index in [1.54, 1.807) is 0 Å². The van der Waals surface area contributed by atoms with Gasteiger partial charge in [0.05, 0.1) is 6.10 Å². The van der Waals surface area contributed by atoms with Gasteiger partial charge >= 0.3 is 0 Å². The molecular weight excluding hydrogens is 268 g/mol. The van der Waals surface area contributed by atoms with Gasteiger partial charge in [0.2, 0.25) is 0 Å². The molecule has 22 heavy (non-hydrogen) atoms. The lowest BCUT2D eigenvalue weighted by Gasteiger charge is -2.58. The van der Waals surface area contributed by atoms with Crippen LogP contribution >= 0.6 is 0 Å². The Morgan fingerprint density at radius 1 is 1.09 bits per heavy atom. The minimum absolute atomic E-state index is 0.119. The minimum Gasteiger partial charge on any atom is -0.393 e. The summed E-state index contributed by atoms with van der Waals surface area (Å²) in [5, 5.41) is 10.3. The molecule has 0 aromatic heterocycles. The lowest BCUT2D eigenvalue weighted by molar-refractivity contribution is -0.0620. The smallest absolute Gasteiger partial charge is 0.0545 e. The summed E-state index contributed by atoms with van der Waals surface area (Å²) in [6, 6.07) is 0. The maximum Gasteiger partial charge on any atom is 0.0545 e. The van der Waals surface area contributed by atoms with Gasteiger partial charge in [-0.05, 0) is 92.8 Å². The lowest BCUT2D eigenvalue weighted by atomic mass is 9.47. The third kappa shape index (κ3) is 1.93. The van der Waals surface area contributed by atoms with Crippen molar-refractivity contribution in [3.63, 3.8) is 0 Å². The lowest BCUT2D eigenvalue weighted by Crippen LogP contribution is -2.50. The Morgan fingerprint density at radius 3 is 2.68 bits per heavy atom. The average Bonchev–Trinajstić information content (AvgIpc) is 2.84. The van der Waals surface area contributed by atoms with Gasteiger partial charge in [0, 0.05) is 0 Å². The number of hydrogen-bond donors (Lipinski definition) is 1. The van der Waals surface area contributed by atoms with Crippen molar-refractivity contribution in [3.05, 3.63) is 11.6 Å². The first-order chi connectivity index (χ1) is 10.5. The number of aliphatic hydroxyl groups is 1. The zero-order valence-electron chi connectivity index (χ0n) is 14.8. The number of rotatable bonds is 1. The molecule has 0 radical (unpaired) electrons. The van der Waals surface area contributed by atoms with Crippen LogP contribution in [0.25, 0.3) is 0 Å². The Bertz CT molecular complexity index is 478. The zero-order chi connectivity index (χ0) is 15.5. The van der Waals surface area contributed by atoms with Crippen molar-refractivity contribution in [1.82, 2.24) is 0 Å². The molecule has 1 nitrogen and oxygen atoms in total. The van der Waals surface area contributed by atoms with Crippen LogP contribution in [0.2, 0.25) is 0 Å². The molecule has 4 aliphatic rings. The number of allylic oxidation sites excluding steroid dienone is 2. The summed E-state index contributed by atoms with van der Waals surface area (Å²) >= 11 is 0. The molecule has 124 valence electrons. The molecule has 1 N–H and O–H groups in total. The quantitative estimate of drug-likeness (QED) is 0.648. The van der Waals surface area contributed by atoms with E-state index in [1.807, 2.05) is 12.5 Å². The van der Waals surface area contributed by atoms with Crippen LogP contribution in [0, 0.1) is 34.5 Å². The first-order valence-corrected chi connectivity index (χ1v) is 9.84. The van der Waals surface area contributed by atoms with Gasteiger partial charge in [0.25, 0.3) is 0 Å². The van der Waals surface area contributed by atoms with E-state index in [2.05, 4.69) is 19.9 Å². The van der Waals surface area contributed by atoms with Gasteiger partial charge in [0.1, 0.15) is 0 Å². The van der Waals surface area contributed by atoms with E-state index < -0.39 is 0 Å². The highest BCUT2D eigenvalue weighted by Crippen LogP contribution is 2.66. The Hall–Kier alpha value is -0.300. The van der Waals surface area contributed by atoms with Crippen molar-refractivity contribution in [2.75, 3.05) is 0 Å². The maximum absolute atomic E-state index is 10.3. The van der Waals surface area contributed by atoms with Crippen molar-refractivity contribution < 1.29 is 5.11 Å². The topological polar surface area (TPSA) is 20.2 Å². The third-order valence-corrected chi connectivity index (χ3v) is 8.67. The summed E-state index contributed by atoms with van der Waals surface area (Å²) in [5.41, 5.74) is 2.74. The van der Waals surface area contributed by atoms with E-state index in [1.165, 1.54) is 57.8 Å². The molecule has 0 aromatic carbocycles. The molecule has 7 atom stereocenters. The first kappa shape index (κ1) is 15.2. The third-order valence-electron chi connectivity index (χ3n) is 8.67. The van der Waals surface area contributed by atoms with Crippen LogP contribution in [0.15, 0.2) is 11.6 Å². The maximum atomic E-state index is 10.3. The van der Waals surface area contributed by atoms with Crippen molar-refractivity contribution in [1.29, 1.82) is 0 Å². The molecule has 0 aliphatic heterocycles. The summed E-state index contributed by atoms with van der Waals surface area (Å²) < 4.78 is 0. The zero-order valence-corrected chi connectivity index (χ0v) is 14.8. The van der Waals surface area contributed by atoms with Crippen LogP contribution in [-0.2, 0) is 0 Å². The minimum atomic E-state index is -0.119. The molecule has 0 bridgehead atoms. The normalized spacial score (nSPS) is 52.3. The van der Waals surface area contributed by atoms with Crippen molar-refractivity contribution in [2.24, 2.45) is 34.5 Å². The standard InChI is InChI=1S/C21H34O/c1-14(22)17-9-10-18-16-8-7-15-6-4-5-12-20(15,2)19(16)11-13-21(17,18)3/h7,14,16-19,22H,4-6,8-13H2,1-3H3/t14-,16-,17+,18-,19-,20-,21+/m0/s1. The Balaban J connectivity index is 1.66. The van der Waals surface area contributed by atoms with Crippen molar-refractivity contribution >= 4 is 0 Å². The van der Waals surface area contributed by atoms with Crippen molar-refractivity contribution in [2.45, 2.75) is 84.7 Å². The van der Waals surface area contributed by atoms with Gasteiger partial charge < -0.3 is 5.11 Å². The van der Waals surface area contributed by atoms with Gasteiger partial charge in [-0.2, -0.15) is 0 Å². The van der Waals surface area contributed by atoms with Crippen LogP contribution in [-0.4, -0.2) is 11.2 Å². The molecule has 0 heterocycles. The van der Waals surface area contributed by atoms with Gasteiger partial charge in [-0.15, -0.1) is 0 Å². The second-order valence-corrected chi connectivity index (χ2v) is 9.44. The van der Waals surface area contributed by atoms with Crippen LogP contribution in [0.4, 0.5) is 0 Å². The largest absolute Gasteiger partial charge is 0.393 e. The SMILES string of the molecule is C[C@H](O)[C@H]1CC[C@H]2[C@@H]3CC=C4CCCC[C@]4(C)[C@H]3CC[C@]12C. The fourth-order valence-electron chi connectivity index (χ4n) is 7.53. The fourth-order valence-corrected chi connectivity index (χ4v) is 7.53. The second-order valence-electron chi connectivity index (χ2n) is 9.44. The second kappa shape index (κ2) is 5.10. The highest BCUT2D eigenvalue weighted by Gasteiger charge is 2.58. The molecular formula is C21H34O. The van der Waals surface area contributed by atoms with Crippen LogP contribution < -0.4 is 0 Å². The van der Waals surface area contributed by atoms with Crippen LogP contribution in [0.3, 0.4) is 0 Å². The summed E-state index contributed by atoms with van der Waals surface area (Å²) in [4.78, 5) is 0. The van der Waals surface area contributed by atoms with Gasteiger partial charge in [-0.1, -0.05) is 31.9 Å². The molecule has 0 unspecified atom stereocenters. The Labute approximate surface area is 136 Å².